The first-order valence-corrected chi connectivity index (χ1v) is 6.62. The third-order valence-corrected chi connectivity index (χ3v) is 3.30. The molecule has 108 valence electrons. The lowest BCUT2D eigenvalue weighted by molar-refractivity contribution is -0.383. The molecule has 0 bridgehead atoms. The molecule has 7 heteroatoms. The molecule has 3 rings (SSSR count). The number of benzene rings is 2. The van der Waals surface area contributed by atoms with Crippen molar-refractivity contribution in [2.24, 2.45) is 0 Å². The van der Waals surface area contributed by atoms with Gasteiger partial charge in [-0.05, 0) is 24.3 Å². The van der Waals surface area contributed by atoms with Crippen LogP contribution in [0.1, 0.15) is 0 Å². The minimum Gasteiger partial charge on any atom is -0.486 e. The molecule has 6 nitrogen and oxygen atoms in total. The molecule has 0 fully saturated rings. The zero-order valence-corrected chi connectivity index (χ0v) is 11.6. The molecule has 0 amide bonds. The van der Waals surface area contributed by atoms with Crippen molar-refractivity contribution in [2.75, 3.05) is 18.5 Å². The third-order valence-electron chi connectivity index (χ3n) is 2.99. The summed E-state index contributed by atoms with van der Waals surface area (Å²) < 4.78 is 10.9. The number of anilines is 2. The fourth-order valence-corrected chi connectivity index (χ4v) is 2.32. The summed E-state index contributed by atoms with van der Waals surface area (Å²) in [4.78, 5) is 10.6. The minimum absolute atomic E-state index is 0.0857. The Labute approximate surface area is 125 Å². The van der Waals surface area contributed by atoms with Gasteiger partial charge < -0.3 is 14.8 Å². The predicted molar refractivity (Wildman–Crippen MR) is 78.8 cm³/mol. The molecule has 1 aliphatic rings. The number of rotatable bonds is 3. The Hall–Kier alpha value is -2.47. The van der Waals surface area contributed by atoms with E-state index in [0.717, 1.165) is 0 Å². The lowest BCUT2D eigenvalue weighted by Crippen LogP contribution is -2.15. The molecule has 1 N–H and O–H groups in total. The van der Waals surface area contributed by atoms with E-state index in [1.54, 1.807) is 30.3 Å². The van der Waals surface area contributed by atoms with Gasteiger partial charge in [0.25, 0.3) is 0 Å². The highest BCUT2D eigenvalue weighted by Gasteiger charge is 2.19. The van der Waals surface area contributed by atoms with Crippen LogP contribution >= 0.6 is 11.6 Å². The van der Waals surface area contributed by atoms with Gasteiger partial charge >= 0.3 is 5.69 Å². The second kappa shape index (κ2) is 5.49. The number of nitro benzene ring substituents is 1. The lowest BCUT2D eigenvalue weighted by Gasteiger charge is -2.19. The average molecular weight is 307 g/mol. The van der Waals surface area contributed by atoms with Gasteiger partial charge in [0.15, 0.2) is 11.5 Å². The molecule has 2 aromatic carbocycles. The third kappa shape index (κ3) is 2.71. The maximum atomic E-state index is 11.1. The van der Waals surface area contributed by atoms with Gasteiger partial charge in [-0.25, -0.2) is 0 Å². The summed E-state index contributed by atoms with van der Waals surface area (Å²) in [6.07, 6.45) is 0. The van der Waals surface area contributed by atoms with Crippen LogP contribution in [0.4, 0.5) is 17.1 Å². The molecule has 0 saturated heterocycles. The van der Waals surface area contributed by atoms with Gasteiger partial charge in [-0.1, -0.05) is 17.7 Å². The number of nitrogens with zero attached hydrogens (tertiary/aromatic N) is 1. The first-order chi connectivity index (χ1) is 10.1. The molecule has 0 aromatic heterocycles. The quantitative estimate of drug-likeness (QED) is 0.690. The van der Waals surface area contributed by atoms with Crippen molar-refractivity contribution in [1.82, 2.24) is 0 Å². The molecule has 0 radical (unpaired) electrons. The van der Waals surface area contributed by atoms with Crippen LogP contribution in [0.5, 0.6) is 11.5 Å². The summed E-state index contributed by atoms with van der Waals surface area (Å²) in [7, 11) is 0. The van der Waals surface area contributed by atoms with E-state index in [-0.39, 0.29) is 10.7 Å². The van der Waals surface area contributed by atoms with E-state index in [0.29, 0.717) is 36.1 Å². The van der Waals surface area contributed by atoms with Gasteiger partial charge in [0.1, 0.15) is 23.9 Å². The van der Waals surface area contributed by atoms with Crippen LogP contribution in [-0.2, 0) is 0 Å². The van der Waals surface area contributed by atoms with Crippen LogP contribution in [0.3, 0.4) is 0 Å². The number of nitrogens with one attached hydrogen (secondary N) is 1. The summed E-state index contributed by atoms with van der Waals surface area (Å²) in [6.45, 7) is 0.993. The second-order valence-electron chi connectivity index (χ2n) is 4.38. The molecule has 2 aromatic rings. The van der Waals surface area contributed by atoms with E-state index in [9.17, 15) is 10.1 Å². The lowest BCUT2D eigenvalue weighted by atomic mass is 10.2. The zero-order chi connectivity index (χ0) is 14.8. The molecule has 21 heavy (non-hydrogen) atoms. The van der Waals surface area contributed by atoms with Crippen molar-refractivity contribution < 1.29 is 14.4 Å². The molecule has 0 aliphatic carbocycles. The van der Waals surface area contributed by atoms with Crippen molar-refractivity contribution in [1.29, 1.82) is 0 Å². The monoisotopic (exact) mass is 306 g/mol. The normalized spacial score (nSPS) is 12.8. The molecule has 0 atom stereocenters. The van der Waals surface area contributed by atoms with Gasteiger partial charge in [-0.2, -0.15) is 0 Å². The van der Waals surface area contributed by atoms with E-state index in [4.69, 9.17) is 21.1 Å². The van der Waals surface area contributed by atoms with Crippen LogP contribution in [0.15, 0.2) is 36.4 Å². The van der Waals surface area contributed by atoms with E-state index < -0.39 is 4.92 Å². The van der Waals surface area contributed by atoms with Crippen LogP contribution in [0.25, 0.3) is 0 Å². The van der Waals surface area contributed by atoms with Gasteiger partial charge in [-0.15, -0.1) is 0 Å². The molecule has 0 saturated carbocycles. The van der Waals surface area contributed by atoms with Crippen LogP contribution in [0, 0.1) is 10.1 Å². The smallest absolute Gasteiger partial charge is 0.311 e. The summed E-state index contributed by atoms with van der Waals surface area (Å²) in [6, 6.07) is 9.98. The Balaban J connectivity index is 1.94. The summed E-state index contributed by atoms with van der Waals surface area (Å²) in [5.41, 5.74) is 0.822. The Kier molecular flexibility index (Phi) is 3.53. The van der Waals surface area contributed by atoms with Crippen molar-refractivity contribution in [2.45, 2.75) is 0 Å². The highest BCUT2D eigenvalue weighted by atomic mass is 35.5. The topological polar surface area (TPSA) is 73.6 Å². The largest absolute Gasteiger partial charge is 0.486 e. The van der Waals surface area contributed by atoms with Crippen LogP contribution in [0.2, 0.25) is 5.02 Å². The SMILES string of the molecule is O=[N+]([O-])c1c(Cl)cccc1Nc1ccc2c(c1)OCCO2. The summed E-state index contributed by atoms with van der Waals surface area (Å²) in [5, 5.41) is 14.2. The summed E-state index contributed by atoms with van der Waals surface area (Å²) >= 11 is 5.88. The molecule has 0 unspecified atom stereocenters. The van der Waals surface area contributed by atoms with Crippen molar-refractivity contribution in [3.05, 3.63) is 51.5 Å². The van der Waals surface area contributed by atoms with Crippen molar-refractivity contribution >= 4 is 28.7 Å². The molecule has 1 heterocycles. The van der Waals surface area contributed by atoms with Gasteiger partial charge in [0.2, 0.25) is 0 Å². The Bertz CT molecular complexity index is 705. The van der Waals surface area contributed by atoms with Crippen LogP contribution in [-0.4, -0.2) is 18.1 Å². The molecular weight excluding hydrogens is 296 g/mol. The number of para-hydroxylation sites is 1. The van der Waals surface area contributed by atoms with E-state index in [2.05, 4.69) is 5.32 Å². The first kappa shape index (κ1) is 13.5. The van der Waals surface area contributed by atoms with Crippen LogP contribution < -0.4 is 14.8 Å². The Morgan fingerprint density at radius 3 is 2.67 bits per heavy atom. The van der Waals surface area contributed by atoms with E-state index >= 15 is 0 Å². The average Bonchev–Trinajstić information content (AvgIpc) is 2.47. The standard InChI is InChI=1S/C14H11ClN2O4/c15-10-2-1-3-11(14(10)17(18)19)16-9-4-5-12-13(8-9)21-7-6-20-12/h1-5,8,16H,6-7H2. The molecular formula is C14H11ClN2O4. The van der Waals surface area contributed by atoms with E-state index in [1.807, 2.05) is 0 Å². The van der Waals surface area contributed by atoms with E-state index in [1.165, 1.54) is 6.07 Å². The number of hydrogen-bond acceptors (Lipinski definition) is 5. The number of ether oxygens (including phenoxy) is 2. The van der Waals surface area contributed by atoms with Gasteiger partial charge in [-0.3, -0.25) is 10.1 Å². The van der Waals surface area contributed by atoms with Gasteiger partial charge in [0.05, 0.1) is 4.92 Å². The maximum absolute atomic E-state index is 11.1. The van der Waals surface area contributed by atoms with Gasteiger partial charge in [0, 0.05) is 11.8 Å². The number of nitro groups is 1. The fourth-order valence-electron chi connectivity index (χ4n) is 2.08. The summed E-state index contributed by atoms with van der Waals surface area (Å²) in [5.74, 6) is 1.27. The highest BCUT2D eigenvalue weighted by Crippen LogP contribution is 2.37. The highest BCUT2D eigenvalue weighted by molar-refractivity contribution is 6.33. The maximum Gasteiger partial charge on any atom is 0.311 e. The minimum atomic E-state index is -0.511. The number of hydrogen-bond donors (Lipinski definition) is 1. The number of halogens is 1. The van der Waals surface area contributed by atoms with Crippen molar-refractivity contribution in [3.63, 3.8) is 0 Å². The number of fused-ring (bicyclic) bond motifs is 1. The molecule has 1 aliphatic heterocycles. The van der Waals surface area contributed by atoms with Crippen molar-refractivity contribution in [3.8, 4) is 11.5 Å². The second-order valence-corrected chi connectivity index (χ2v) is 4.78. The Morgan fingerprint density at radius 2 is 1.90 bits per heavy atom. The molecule has 0 spiro atoms. The predicted octanol–water partition coefficient (Wildman–Crippen LogP) is 3.76. The Morgan fingerprint density at radius 1 is 1.14 bits per heavy atom. The zero-order valence-electron chi connectivity index (χ0n) is 10.8. The first-order valence-electron chi connectivity index (χ1n) is 6.25. The fraction of sp³-hybridized carbons (Fsp3) is 0.143.